The molecule has 3 heteroatoms. The molecule has 0 aromatic carbocycles. The number of aromatic nitrogens is 1. The van der Waals surface area contributed by atoms with E-state index in [-0.39, 0.29) is 5.78 Å². The number of ketones is 1. The second-order valence-corrected chi connectivity index (χ2v) is 3.70. The molecule has 0 saturated carbocycles. The van der Waals surface area contributed by atoms with E-state index >= 15 is 0 Å². The molecule has 0 atom stereocenters. The normalized spacial score (nSPS) is 10.2. The molecule has 2 aromatic rings. The summed E-state index contributed by atoms with van der Waals surface area (Å²) in [5.41, 5.74) is 0.975. The maximum absolute atomic E-state index is 11.2. The minimum Gasteiger partial charge on any atom is -0.322 e. The molecule has 0 aliphatic heterocycles. The lowest BCUT2D eigenvalue weighted by atomic mass is 10.3. The number of nitrogens with zero attached hydrogens (tertiary/aromatic N) is 1. The zero-order chi connectivity index (χ0) is 9.26. The van der Waals surface area contributed by atoms with Crippen molar-refractivity contribution in [2.45, 2.75) is 6.92 Å². The van der Waals surface area contributed by atoms with Gasteiger partial charge in [0.05, 0.1) is 10.6 Å². The maximum Gasteiger partial charge on any atom is 0.171 e. The molecule has 2 heterocycles. The van der Waals surface area contributed by atoms with Crippen LogP contribution < -0.4 is 0 Å². The van der Waals surface area contributed by atoms with E-state index in [0.717, 1.165) is 10.6 Å². The molecule has 0 spiro atoms. The number of hydrogen-bond donors (Lipinski definition) is 0. The summed E-state index contributed by atoms with van der Waals surface area (Å²) in [7, 11) is 0. The SMILES string of the molecule is CC(=O)c1sccc1-n1cccc1. The van der Waals surface area contributed by atoms with Gasteiger partial charge in [-0.1, -0.05) is 0 Å². The molecule has 0 saturated heterocycles. The van der Waals surface area contributed by atoms with E-state index in [4.69, 9.17) is 0 Å². The molecule has 0 bridgehead atoms. The van der Waals surface area contributed by atoms with Crippen molar-refractivity contribution in [2.24, 2.45) is 0 Å². The summed E-state index contributed by atoms with van der Waals surface area (Å²) >= 11 is 1.49. The van der Waals surface area contributed by atoms with Gasteiger partial charge in [-0.3, -0.25) is 4.79 Å². The van der Waals surface area contributed by atoms with E-state index in [1.165, 1.54) is 11.3 Å². The highest BCUT2D eigenvalue weighted by Gasteiger charge is 2.08. The van der Waals surface area contributed by atoms with Crippen LogP contribution in [0.1, 0.15) is 16.6 Å². The van der Waals surface area contributed by atoms with Crippen LogP contribution in [-0.4, -0.2) is 10.4 Å². The highest BCUT2D eigenvalue weighted by Crippen LogP contribution is 2.21. The Morgan fingerprint density at radius 3 is 2.69 bits per heavy atom. The Labute approximate surface area is 80.4 Å². The molecule has 2 nitrogen and oxygen atoms in total. The molecule has 0 N–H and O–H groups in total. The Morgan fingerprint density at radius 2 is 2.08 bits per heavy atom. The van der Waals surface area contributed by atoms with E-state index in [1.54, 1.807) is 6.92 Å². The fourth-order valence-corrected chi connectivity index (χ4v) is 2.06. The Bertz CT molecular complexity index is 414. The van der Waals surface area contributed by atoms with Gasteiger partial charge >= 0.3 is 0 Å². The van der Waals surface area contributed by atoms with Gasteiger partial charge in [-0.15, -0.1) is 11.3 Å². The number of carbonyl (C=O) groups excluding carboxylic acids is 1. The molecule has 0 aliphatic rings. The highest BCUT2D eigenvalue weighted by molar-refractivity contribution is 7.12. The first-order chi connectivity index (χ1) is 6.29. The lowest BCUT2D eigenvalue weighted by molar-refractivity contribution is 0.102. The smallest absolute Gasteiger partial charge is 0.171 e. The zero-order valence-corrected chi connectivity index (χ0v) is 8.04. The standard InChI is InChI=1S/C10H9NOS/c1-8(12)10-9(4-7-13-10)11-5-2-3-6-11/h2-7H,1H3. The van der Waals surface area contributed by atoms with Crippen molar-refractivity contribution in [2.75, 3.05) is 0 Å². The summed E-state index contributed by atoms with van der Waals surface area (Å²) in [5, 5.41) is 1.94. The van der Waals surface area contributed by atoms with E-state index in [1.807, 2.05) is 40.5 Å². The third kappa shape index (κ3) is 1.42. The lowest BCUT2D eigenvalue weighted by Gasteiger charge is -2.00. The van der Waals surface area contributed by atoms with Gasteiger partial charge in [0.25, 0.3) is 0 Å². The van der Waals surface area contributed by atoms with Crippen molar-refractivity contribution in [1.29, 1.82) is 0 Å². The van der Waals surface area contributed by atoms with Gasteiger partial charge < -0.3 is 4.57 Å². The molecule has 2 rings (SSSR count). The van der Waals surface area contributed by atoms with Crippen LogP contribution in [0.15, 0.2) is 36.0 Å². The molecule has 0 amide bonds. The molecule has 0 radical (unpaired) electrons. The summed E-state index contributed by atoms with van der Waals surface area (Å²) in [6.07, 6.45) is 3.88. The van der Waals surface area contributed by atoms with Gasteiger partial charge in [-0.05, 0) is 23.6 Å². The molecule has 0 fully saturated rings. The van der Waals surface area contributed by atoms with Crippen molar-refractivity contribution in [1.82, 2.24) is 4.57 Å². The average Bonchev–Trinajstić information content (AvgIpc) is 2.74. The van der Waals surface area contributed by atoms with Crippen molar-refractivity contribution < 1.29 is 4.79 Å². The van der Waals surface area contributed by atoms with Crippen LogP contribution in [0.5, 0.6) is 0 Å². The Morgan fingerprint density at radius 1 is 1.38 bits per heavy atom. The Balaban J connectivity index is 2.52. The van der Waals surface area contributed by atoms with Crippen molar-refractivity contribution in [3.8, 4) is 5.69 Å². The van der Waals surface area contributed by atoms with Crippen molar-refractivity contribution in [3.63, 3.8) is 0 Å². The third-order valence-electron chi connectivity index (χ3n) is 1.85. The van der Waals surface area contributed by atoms with Crippen molar-refractivity contribution in [3.05, 3.63) is 40.8 Å². The van der Waals surface area contributed by atoms with Gasteiger partial charge in [-0.2, -0.15) is 0 Å². The van der Waals surface area contributed by atoms with Gasteiger partial charge in [0.1, 0.15) is 0 Å². The largest absolute Gasteiger partial charge is 0.322 e. The monoisotopic (exact) mass is 191 g/mol. The number of thiophene rings is 1. The van der Waals surface area contributed by atoms with Crippen LogP contribution in [0.2, 0.25) is 0 Å². The van der Waals surface area contributed by atoms with E-state index in [0.29, 0.717) is 0 Å². The quantitative estimate of drug-likeness (QED) is 0.669. The van der Waals surface area contributed by atoms with Gasteiger partial charge in [-0.25, -0.2) is 0 Å². The first-order valence-electron chi connectivity index (χ1n) is 4.01. The van der Waals surface area contributed by atoms with Crippen molar-refractivity contribution >= 4 is 17.1 Å². The van der Waals surface area contributed by atoms with E-state index in [9.17, 15) is 4.79 Å². The fourth-order valence-electron chi connectivity index (χ4n) is 1.26. The Hall–Kier alpha value is -1.35. The van der Waals surface area contributed by atoms with Crippen LogP contribution >= 0.6 is 11.3 Å². The summed E-state index contributed by atoms with van der Waals surface area (Å²) < 4.78 is 1.95. The first kappa shape index (κ1) is 8.26. The highest BCUT2D eigenvalue weighted by atomic mass is 32.1. The minimum absolute atomic E-state index is 0.124. The summed E-state index contributed by atoms with van der Waals surface area (Å²) in [5.74, 6) is 0.124. The lowest BCUT2D eigenvalue weighted by Crippen LogP contribution is -1.96. The van der Waals surface area contributed by atoms with Gasteiger partial charge in [0, 0.05) is 19.3 Å². The van der Waals surface area contributed by atoms with Gasteiger partial charge in [0.2, 0.25) is 0 Å². The third-order valence-corrected chi connectivity index (χ3v) is 2.85. The number of carbonyl (C=O) groups is 1. The van der Waals surface area contributed by atoms with E-state index < -0.39 is 0 Å². The van der Waals surface area contributed by atoms with Crippen LogP contribution in [-0.2, 0) is 0 Å². The maximum atomic E-state index is 11.2. The fraction of sp³-hybridized carbons (Fsp3) is 0.100. The second kappa shape index (κ2) is 3.18. The molecule has 13 heavy (non-hydrogen) atoms. The van der Waals surface area contributed by atoms with Gasteiger partial charge in [0.15, 0.2) is 5.78 Å². The number of rotatable bonds is 2. The second-order valence-electron chi connectivity index (χ2n) is 2.78. The number of hydrogen-bond acceptors (Lipinski definition) is 2. The first-order valence-corrected chi connectivity index (χ1v) is 4.89. The average molecular weight is 191 g/mol. The summed E-state index contributed by atoms with van der Waals surface area (Å²) in [6.45, 7) is 1.60. The summed E-state index contributed by atoms with van der Waals surface area (Å²) in [6, 6.07) is 5.85. The van der Waals surface area contributed by atoms with Crippen LogP contribution in [0.4, 0.5) is 0 Å². The number of Topliss-reactive ketones (excluding diaryl/α,β-unsaturated/α-hetero) is 1. The molecule has 0 unspecified atom stereocenters. The van der Waals surface area contributed by atoms with Crippen LogP contribution in [0.25, 0.3) is 5.69 Å². The molecular formula is C10H9NOS. The van der Waals surface area contributed by atoms with E-state index in [2.05, 4.69) is 0 Å². The molecule has 0 aliphatic carbocycles. The van der Waals surface area contributed by atoms with Crippen LogP contribution in [0.3, 0.4) is 0 Å². The predicted molar refractivity (Wildman–Crippen MR) is 53.7 cm³/mol. The minimum atomic E-state index is 0.124. The Kier molecular flexibility index (Phi) is 2.02. The predicted octanol–water partition coefficient (Wildman–Crippen LogP) is 2.74. The summed E-state index contributed by atoms with van der Waals surface area (Å²) in [4.78, 5) is 12.0. The van der Waals surface area contributed by atoms with Crippen LogP contribution in [0, 0.1) is 0 Å². The topological polar surface area (TPSA) is 22.0 Å². The zero-order valence-electron chi connectivity index (χ0n) is 7.23. The molecule has 2 aromatic heterocycles. The molecular weight excluding hydrogens is 182 g/mol. The molecule has 66 valence electrons.